The zero-order valence-corrected chi connectivity index (χ0v) is 32.2. The highest BCUT2D eigenvalue weighted by Crippen LogP contribution is 2.29. The Labute approximate surface area is 334 Å². The fraction of sp³-hybridized carbons (Fsp3) is 0.119. The maximum absolute atomic E-state index is 12.2. The number of hydrogen-bond donors (Lipinski definition) is 4. The number of amides is 1. The van der Waals surface area contributed by atoms with E-state index in [0.717, 1.165) is 50.9 Å². The van der Waals surface area contributed by atoms with Gasteiger partial charge >= 0.3 is 0 Å². The highest BCUT2D eigenvalue weighted by Gasteiger charge is 2.17. The van der Waals surface area contributed by atoms with Crippen LogP contribution in [0.1, 0.15) is 17.8 Å². The summed E-state index contributed by atoms with van der Waals surface area (Å²) in [7, 11) is 2.98. The Kier molecular flexibility index (Phi) is 11.7. The van der Waals surface area contributed by atoms with E-state index in [-0.39, 0.29) is 29.3 Å². The Morgan fingerprint density at radius 3 is 1.50 bits per heavy atom. The molecule has 8 rings (SSSR count). The maximum Gasteiger partial charge on any atom is 0.253 e. The third-order valence-electron chi connectivity index (χ3n) is 8.97. The van der Waals surface area contributed by atoms with Gasteiger partial charge < -0.3 is 25.5 Å². The van der Waals surface area contributed by atoms with Gasteiger partial charge in [0.05, 0.1) is 27.7 Å². The van der Waals surface area contributed by atoms with Crippen molar-refractivity contribution in [3.05, 3.63) is 161 Å². The maximum atomic E-state index is 12.2. The average Bonchev–Trinajstić information content (AvgIpc) is 3.91. The fourth-order valence-corrected chi connectivity index (χ4v) is 6.99. The molecule has 0 aliphatic heterocycles. The molecule has 2 aromatic carbocycles. The monoisotopic (exact) mass is 798 g/mol. The van der Waals surface area contributed by atoms with Gasteiger partial charge in [-0.1, -0.05) is 7.43 Å². The van der Waals surface area contributed by atoms with Crippen LogP contribution < -0.4 is 21.8 Å². The van der Waals surface area contributed by atoms with Gasteiger partial charge in [0.1, 0.15) is 0 Å². The third-order valence-corrected chi connectivity index (χ3v) is 10.8. The number of aromatic amines is 2. The van der Waals surface area contributed by atoms with Crippen molar-refractivity contribution in [3.8, 4) is 22.5 Å². The molecule has 0 aliphatic rings. The Morgan fingerprint density at radius 2 is 1.09 bits per heavy atom. The largest absolute Gasteiger partial charge is 0.352 e. The van der Waals surface area contributed by atoms with Crippen molar-refractivity contribution in [1.82, 2.24) is 37.9 Å². The molecule has 0 fully saturated rings. The molecule has 15 nitrogen and oxygen atoms in total. The molecule has 0 radical (unpaired) electrons. The van der Waals surface area contributed by atoms with Crippen LogP contribution in [-0.2, 0) is 10.0 Å². The van der Waals surface area contributed by atoms with Crippen molar-refractivity contribution in [2.24, 2.45) is 0 Å². The molecule has 0 bridgehead atoms. The molecule has 16 heteroatoms. The number of H-pyrrole nitrogens is 2. The fourth-order valence-electron chi connectivity index (χ4n) is 6.09. The summed E-state index contributed by atoms with van der Waals surface area (Å²) in [6.45, 7) is 0. The molecule has 1 amide bonds. The number of pyridine rings is 4. The predicted octanol–water partition coefficient (Wildman–Crippen LogP) is 6.45. The molecular formula is C42H42N10O5S. The van der Waals surface area contributed by atoms with Crippen LogP contribution in [0, 0.1) is 0 Å². The van der Waals surface area contributed by atoms with E-state index in [4.69, 9.17) is 0 Å². The second-order valence-corrected chi connectivity index (χ2v) is 15.4. The highest BCUT2D eigenvalue weighted by molar-refractivity contribution is 7.89. The number of anilines is 4. The molecule has 0 aliphatic carbocycles. The first kappa shape index (κ1) is 40.4. The summed E-state index contributed by atoms with van der Waals surface area (Å²) in [6.07, 6.45) is 10.3. The number of aromatic nitrogens is 6. The first-order valence-corrected chi connectivity index (χ1v) is 19.0. The molecule has 8 aromatic rings. The number of nitrogens with one attached hydrogen (secondary N) is 4. The van der Waals surface area contributed by atoms with Crippen LogP contribution in [0.25, 0.3) is 33.8 Å². The second-order valence-electron chi connectivity index (χ2n) is 13.2. The number of sulfonamides is 1. The Hall–Kier alpha value is -7.30. The number of imidazole rings is 2. The van der Waals surface area contributed by atoms with Gasteiger partial charge in [-0.2, -0.15) is 0 Å². The van der Waals surface area contributed by atoms with Gasteiger partial charge in [0.15, 0.2) is 11.3 Å². The lowest BCUT2D eigenvalue weighted by Crippen LogP contribution is -2.22. The smallest absolute Gasteiger partial charge is 0.253 e. The summed E-state index contributed by atoms with van der Waals surface area (Å²) in [4.78, 5) is 51.2. The zero-order chi connectivity index (χ0) is 40.3. The van der Waals surface area contributed by atoms with E-state index in [1.807, 2.05) is 69.7 Å². The first-order chi connectivity index (χ1) is 27.4. The van der Waals surface area contributed by atoms with Gasteiger partial charge in [0.2, 0.25) is 21.1 Å². The average molecular weight is 799 g/mol. The number of nitrogens with zero attached hydrogens (tertiary/aromatic N) is 6. The van der Waals surface area contributed by atoms with Gasteiger partial charge in [-0.05, 0) is 84.9 Å². The van der Waals surface area contributed by atoms with Crippen molar-refractivity contribution in [3.63, 3.8) is 0 Å². The summed E-state index contributed by atoms with van der Waals surface area (Å²) < 4.78 is 29.4. The third kappa shape index (κ3) is 8.42. The minimum atomic E-state index is -3.47. The molecule has 6 heterocycles. The highest BCUT2D eigenvalue weighted by atomic mass is 32.2. The van der Waals surface area contributed by atoms with Crippen LogP contribution in [0.3, 0.4) is 0 Å². The van der Waals surface area contributed by atoms with Crippen LogP contribution in [0.5, 0.6) is 0 Å². The lowest BCUT2D eigenvalue weighted by atomic mass is 10.1. The van der Waals surface area contributed by atoms with Gasteiger partial charge in [-0.15, -0.1) is 0 Å². The van der Waals surface area contributed by atoms with E-state index in [9.17, 15) is 22.8 Å². The van der Waals surface area contributed by atoms with Gasteiger partial charge in [0, 0.05) is 106 Å². The minimum absolute atomic E-state index is 0. The Morgan fingerprint density at radius 1 is 0.638 bits per heavy atom. The molecule has 58 heavy (non-hydrogen) atoms. The summed E-state index contributed by atoms with van der Waals surface area (Å²) in [5.41, 5.74) is 8.19. The van der Waals surface area contributed by atoms with Crippen molar-refractivity contribution < 1.29 is 13.2 Å². The van der Waals surface area contributed by atoms with Gasteiger partial charge in [0.25, 0.3) is 5.91 Å². The van der Waals surface area contributed by atoms with Crippen LogP contribution in [0.2, 0.25) is 0 Å². The van der Waals surface area contributed by atoms with Crippen molar-refractivity contribution >= 4 is 50.0 Å². The minimum Gasteiger partial charge on any atom is -0.352 e. The number of carbonyl (C=O) groups is 1. The van der Waals surface area contributed by atoms with Gasteiger partial charge in [-0.3, -0.25) is 23.2 Å². The van der Waals surface area contributed by atoms with Crippen molar-refractivity contribution in [2.45, 2.75) is 12.3 Å². The van der Waals surface area contributed by atoms with E-state index >= 15 is 0 Å². The van der Waals surface area contributed by atoms with Crippen LogP contribution in [0.4, 0.5) is 22.7 Å². The van der Waals surface area contributed by atoms with Gasteiger partial charge in [-0.25, -0.2) is 22.7 Å². The standard InChI is InChI=1S/C21H19N5O2.C20H19N5O3S.CH4/c1-25(2)21(28)14-3-5-16(6-4-14)24-17-7-8-18(26-12-11-23-20(17)26)15-9-10-22-19(27)13-15;1-24(2)29(27,28)16-5-3-15(4-6-16)23-17-7-8-18(25-12-11-22-20(17)25)14-9-10-21-19(26)13-14;/h3-13,24H,1-2H3,(H,22,27);3-13,23H,1-2H3,(H,21,26);1H4. The molecule has 0 saturated heterocycles. The van der Waals surface area contributed by atoms with Crippen molar-refractivity contribution in [2.75, 3.05) is 38.8 Å². The zero-order valence-electron chi connectivity index (χ0n) is 31.3. The molecule has 6 aromatic heterocycles. The Balaban J connectivity index is 0.000000192. The first-order valence-electron chi connectivity index (χ1n) is 17.6. The predicted molar refractivity (Wildman–Crippen MR) is 228 cm³/mol. The van der Waals surface area contributed by atoms with E-state index < -0.39 is 10.0 Å². The molecule has 0 unspecified atom stereocenters. The number of hydrogen-bond acceptors (Lipinski definition) is 9. The van der Waals surface area contributed by atoms with E-state index in [1.54, 1.807) is 86.2 Å². The van der Waals surface area contributed by atoms with E-state index in [1.165, 1.54) is 24.5 Å². The number of fused-ring (bicyclic) bond motifs is 2. The van der Waals surface area contributed by atoms with E-state index in [2.05, 4.69) is 30.6 Å². The summed E-state index contributed by atoms with van der Waals surface area (Å²) >= 11 is 0. The van der Waals surface area contributed by atoms with Crippen molar-refractivity contribution in [1.29, 1.82) is 0 Å². The molecule has 296 valence electrons. The molecule has 0 spiro atoms. The quantitative estimate of drug-likeness (QED) is 0.128. The lowest BCUT2D eigenvalue weighted by molar-refractivity contribution is 0.0827. The summed E-state index contributed by atoms with van der Waals surface area (Å²) in [6, 6.07) is 28.3. The van der Waals surface area contributed by atoms with Crippen LogP contribution in [-0.4, -0.2) is 80.5 Å². The molecular weight excluding hydrogens is 757 g/mol. The number of rotatable bonds is 9. The molecule has 0 saturated carbocycles. The summed E-state index contributed by atoms with van der Waals surface area (Å²) in [5.74, 6) is -0.0376. The molecule has 0 atom stereocenters. The van der Waals surface area contributed by atoms with Crippen LogP contribution in [0.15, 0.2) is 149 Å². The van der Waals surface area contributed by atoms with Crippen LogP contribution >= 0.6 is 0 Å². The second kappa shape index (κ2) is 16.8. The van der Waals surface area contributed by atoms with E-state index in [0.29, 0.717) is 11.2 Å². The molecule has 4 N–H and O–H groups in total. The number of benzene rings is 2. The summed E-state index contributed by atoms with van der Waals surface area (Å²) in [5, 5.41) is 6.61. The topological polar surface area (TPSA) is 182 Å². The normalized spacial score (nSPS) is 11.1. The SMILES string of the molecule is C.CN(C)C(=O)c1ccc(Nc2ccc(-c3cc[nH]c(=O)c3)n3ccnc23)cc1.CN(C)S(=O)(=O)c1ccc(Nc2ccc(-c3cc[nH]c(=O)c3)n3ccnc23)cc1. The Bertz CT molecular complexity index is 2950. The lowest BCUT2D eigenvalue weighted by Gasteiger charge is -2.13. The number of carbonyl (C=O) groups excluding carboxylic acids is 1.